The van der Waals surface area contributed by atoms with Gasteiger partial charge in [-0.1, -0.05) is 23.2 Å². The van der Waals surface area contributed by atoms with E-state index < -0.39 is 5.91 Å². The van der Waals surface area contributed by atoms with E-state index >= 15 is 0 Å². The predicted octanol–water partition coefficient (Wildman–Crippen LogP) is 2.01. The van der Waals surface area contributed by atoms with Gasteiger partial charge in [0, 0.05) is 6.07 Å². The van der Waals surface area contributed by atoms with Gasteiger partial charge in [0.25, 0.3) is 5.91 Å². The number of hydrogen-bond donors (Lipinski definition) is 2. The number of nitrogens with two attached hydrogens (primary N) is 1. The second-order valence-corrected chi connectivity index (χ2v) is 4.05. The molecule has 0 saturated carbocycles. The average Bonchev–Trinajstić information content (AvgIpc) is 2.32. The number of nitrogen functional groups attached to an aromatic ring is 1. The summed E-state index contributed by atoms with van der Waals surface area (Å²) in [5.41, 5.74) is 6.07. The first-order chi connectivity index (χ1) is 8.56. The number of amides is 1. The van der Waals surface area contributed by atoms with E-state index in [1.165, 1.54) is 24.7 Å². The van der Waals surface area contributed by atoms with Gasteiger partial charge in [-0.2, -0.15) is 0 Å². The summed E-state index contributed by atoms with van der Waals surface area (Å²) in [6.45, 7) is 0. The van der Waals surface area contributed by atoms with Crippen molar-refractivity contribution in [1.29, 1.82) is 0 Å². The van der Waals surface area contributed by atoms with Gasteiger partial charge in [0.15, 0.2) is 0 Å². The maximum absolute atomic E-state index is 11.9. The van der Waals surface area contributed by atoms with Gasteiger partial charge in [0.05, 0.1) is 17.4 Å². The van der Waals surface area contributed by atoms with E-state index in [0.717, 1.165) is 0 Å². The Morgan fingerprint density at radius 2 is 1.89 bits per heavy atom. The maximum Gasteiger partial charge on any atom is 0.259 e. The summed E-state index contributed by atoms with van der Waals surface area (Å²) in [6, 6.07) is 2.79. The maximum atomic E-state index is 11.9. The molecule has 0 aromatic carbocycles. The van der Waals surface area contributed by atoms with Crippen LogP contribution in [0.25, 0.3) is 0 Å². The van der Waals surface area contributed by atoms with Gasteiger partial charge in [0.2, 0.25) is 0 Å². The molecule has 6 nitrogen and oxygen atoms in total. The molecule has 0 aliphatic heterocycles. The molecule has 18 heavy (non-hydrogen) atoms. The molecule has 0 unspecified atom stereocenters. The van der Waals surface area contributed by atoms with E-state index in [1.807, 2.05) is 0 Å². The lowest BCUT2D eigenvalue weighted by molar-refractivity contribution is 0.102. The molecular weight excluding hydrogens is 277 g/mol. The lowest BCUT2D eigenvalue weighted by Gasteiger charge is -2.06. The van der Waals surface area contributed by atoms with E-state index in [2.05, 4.69) is 20.3 Å². The molecule has 0 aliphatic carbocycles. The number of anilines is 2. The lowest BCUT2D eigenvalue weighted by Crippen LogP contribution is -2.15. The molecule has 0 atom stereocenters. The number of carbonyl (C=O) groups is 1. The van der Waals surface area contributed by atoms with Crippen molar-refractivity contribution in [2.24, 2.45) is 0 Å². The molecule has 0 bridgehead atoms. The molecule has 0 spiro atoms. The highest BCUT2D eigenvalue weighted by molar-refractivity contribution is 6.30. The fraction of sp³-hybridized carbons (Fsp3) is 0. The van der Waals surface area contributed by atoms with Gasteiger partial charge in [0.1, 0.15) is 22.5 Å². The van der Waals surface area contributed by atoms with Crippen molar-refractivity contribution >= 4 is 40.6 Å². The van der Waals surface area contributed by atoms with E-state index in [4.69, 9.17) is 28.9 Å². The molecule has 0 saturated heterocycles. The van der Waals surface area contributed by atoms with Crippen LogP contribution in [-0.4, -0.2) is 20.9 Å². The summed E-state index contributed by atoms with van der Waals surface area (Å²) in [7, 11) is 0. The summed E-state index contributed by atoms with van der Waals surface area (Å²) in [6.07, 6.45) is 2.55. The number of hydrogen-bond acceptors (Lipinski definition) is 5. The Labute approximate surface area is 112 Å². The minimum Gasteiger partial charge on any atom is -0.397 e. The fourth-order valence-electron chi connectivity index (χ4n) is 1.22. The number of nitrogens with one attached hydrogen (secondary N) is 1. The molecular formula is C10H7Cl2N5O. The zero-order chi connectivity index (χ0) is 13.1. The number of halogens is 2. The van der Waals surface area contributed by atoms with Gasteiger partial charge < -0.3 is 11.1 Å². The van der Waals surface area contributed by atoms with E-state index in [1.54, 1.807) is 0 Å². The SMILES string of the molecule is Nc1cnc(Cl)cc1C(=O)Nc1cc(Cl)ncn1. The first-order valence-corrected chi connectivity index (χ1v) is 5.52. The largest absolute Gasteiger partial charge is 0.397 e. The van der Waals surface area contributed by atoms with Crippen LogP contribution < -0.4 is 11.1 Å². The van der Waals surface area contributed by atoms with E-state index in [-0.39, 0.29) is 27.4 Å². The van der Waals surface area contributed by atoms with Crippen LogP contribution in [0.4, 0.5) is 11.5 Å². The number of pyridine rings is 1. The van der Waals surface area contributed by atoms with Crippen molar-refractivity contribution in [2.45, 2.75) is 0 Å². The molecule has 2 rings (SSSR count). The first kappa shape index (κ1) is 12.5. The highest BCUT2D eigenvalue weighted by Gasteiger charge is 2.12. The van der Waals surface area contributed by atoms with Crippen molar-refractivity contribution in [3.63, 3.8) is 0 Å². The minimum absolute atomic E-state index is 0.176. The molecule has 0 radical (unpaired) electrons. The van der Waals surface area contributed by atoms with Crippen molar-refractivity contribution < 1.29 is 4.79 Å². The van der Waals surface area contributed by atoms with Crippen LogP contribution in [0, 0.1) is 0 Å². The Hall–Kier alpha value is -1.92. The highest BCUT2D eigenvalue weighted by Crippen LogP contribution is 2.17. The number of carbonyl (C=O) groups excluding carboxylic acids is 1. The summed E-state index contributed by atoms with van der Waals surface area (Å²) >= 11 is 11.4. The monoisotopic (exact) mass is 283 g/mol. The van der Waals surface area contributed by atoms with Crippen LogP contribution in [0.2, 0.25) is 10.3 Å². The van der Waals surface area contributed by atoms with Crippen LogP contribution in [0.15, 0.2) is 24.7 Å². The van der Waals surface area contributed by atoms with Gasteiger partial charge in [-0.25, -0.2) is 15.0 Å². The summed E-state index contributed by atoms with van der Waals surface area (Å²) < 4.78 is 0. The van der Waals surface area contributed by atoms with Crippen molar-refractivity contribution in [3.8, 4) is 0 Å². The predicted molar refractivity (Wildman–Crippen MR) is 68.7 cm³/mol. The van der Waals surface area contributed by atoms with Crippen LogP contribution in [0.5, 0.6) is 0 Å². The van der Waals surface area contributed by atoms with Crippen molar-refractivity contribution in [1.82, 2.24) is 15.0 Å². The standard InChI is InChI=1S/C10H7Cl2N5O/c11-7-1-5(6(13)3-14-7)10(18)17-9-2-8(12)15-4-16-9/h1-4H,13H2,(H,15,16,17,18). The zero-order valence-electron chi connectivity index (χ0n) is 8.89. The minimum atomic E-state index is -0.452. The second-order valence-electron chi connectivity index (χ2n) is 3.27. The first-order valence-electron chi connectivity index (χ1n) is 4.76. The third-order valence-electron chi connectivity index (χ3n) is 2.02. The molecule has 8 heteroatoms. The Balaban J connectivity index is 2.24. The van der Waals surface area contributed by atoms with Crippen LogP contribution in [0.1, 0.15) is 10.4 Å². The van der Waals surface area contributed by atoms with Crippen LogP contribution >= 0.6 is 23.2 Å². The zero-order valence-corrected chi connectivity index (χ0v) is 10.4. The van der Waals surface area contributed by atoms with Crippen LogP contribution in [0.3, 0.4) is 0 Å². The van der Waals surface area contributed by atoms with Crippen LogP contribution in [-0.2, 0) is 0 Å². The summed E-state index contributed by atoms with van der Waals surface area (Å²) in [4.78, 5) is 23.2. The molecule has 3 N–H and O–H groups in total. The Morgan fingerprint density at radius 1 is 1.17 bits per heavy atom. The van der Waals surface area contributed by atoms with Gasteiger partial charge in [-0.3, -0.25) is 4.79 Å². The van der Waals surface area contributed by atoms with E-state index in [9.17, 15) is 4.79 Å². The fourth-order valence-corrected chi connectivity index (χ4v) is 1.53. The van der Waals surface area contributed by atoms with Gasteiger partial charge in [-0.05, 0) is 6.07 Å². The second kappa shape index (κ2) is 5.16. The topological polar surface area (TPSA) is 93.8 Å². The Morgan fingerprint density at radius 3 is 2.61 bits per heavy atom. The van der Waals surface area contributed by atoms with Gasteiger partial charge >= 0.3 is 0 Å². The quantitative estimate of drug-likeness (QED) is 0.650. The molecule has 2 heterocycles. The Kier molecular flexibility index (Phi) is 3.59. The number of nitrogens with zero attached hydrogens (tertiary/aromatic N) is 3. The summed E-state index contributed by atoms with van der Waals surface area (Å²) in [5, 5.41) is 2.93. The smallest absolute Gasteiger partial charge is 0.259 e. The van der Waals surface area contributed by atoms with E-state index in [0.29, 0.717) is 0 Å². The van der Waals surface area contributed by atoms with Gasteiger partial charge in [-0.15, -0.1) is 0 Å². The third kappa shape index (κ3) is 2.85. The lowest BCUT2D eigenvalue weighted by atomic mass is 10.2. The molecule has 0 aliphatic rings. The van der Waals surface area contributed by atoms with Crippen molar-refractivity contribution in [3.05, 3.63) is 40.5 Å². The molecule has 2 aromatic rings. The molecule has 1 amide bonds. The molecule has 92 valence electrons. The number of aromatic nitrogens is 3. The normalized spacial score (nSPS) is 10.1. The molecule has 0 fully saturated rings. The molecule has 2 aromatic heterocycles. The number of rotatable bonds is 2. The average molecular weight is 284 g/mol. The summed E-state index contributed by atoms with van der Waals surface area (Å²) in [5.74, 6) is -0.182. The Bertz CT molecular complexity index is 605. The highest BCUT2D eigenvalue weighted by atomic mass is 35.5. The van der Waals surface area contributed by atoms with Crippen molar-refractivity contribution in [2.75, 3.05) is 11.1 Å². The third-order valence-corrected chi connectivity index (χ3v) is 2.43.